The predicted octanol–water partition coefficient (Wildman–Crippen LogP) is 0.931. The summed E-state index contributed by atoms with van der Waals surface area (Å²) in [7, 11) is 0. The Bertz CT molecular complexity index is 343. The zero-order chi connectivity index (χ0) is 11.3. The van der Waals surface area contributed by atoms with Crippen molar-refractivity contribution < 1.29 is 19.7 Å². The number of amides is 1. The fourth-order valence-corrected chi connectivity index (χ4v) is 0.919. The zero-order valence-electron chi connectivity index (χ0n) is 8.17. The number of carbonyl (C=O) groups is 1. The summed E-state index contributed by atoms with van der Waals surface area (Å²) in [6.45, 7) is 1.55. The van der Waals surface area contributed by atoms with E-state index in [0.717, 1.165) is 0 Å². The van der Waals surface area contributed by atoms with Gasteiger partial charge in [0.15, 0.2) is 0 Å². The van der Waals surface area contributed by atoms with Crippen molar-refractivity contribution in [2.75, 3.05) is 11.9 Å². The Morgan fingerprint density at radius 3 is 3.07 bits per heavy atom. The van der Waals surface area contributed by atoms with Gasteiger partial charge in [-0.1, -0.05) is 0 Å². The topological polar surface area (TPSA) is 91.7 Å². The van der Waals surface area contributed by atoms with Gasteiger partial charge in [0.2, 0.25) is 5.88 Å². The van der Waals surface area contributed by atoms with Crippen LogP contribution in [0.1, 0.15) is 6.92 Å². The lowest BCUT2D eigenvalue weighted by atomic mass is 10.4. The maximum atomic E-state index is 10.3. The summed E-state index contributed by atoms with van der Waals surface area (Å²) in [6, 6.07) is 2.95. The fraction of sp³-hybridized carbons (Fsp3) is 0.333. The standard InChI is InChI=1S/C9H12N2O4/c1-6(5-12)15-8-4-7(2-3-10-8)11-9(13)14/h2-4,6,12H,5H2,1H3,(H,10,11)(H,13,14)/t6-/m1/s1. The summed E-state index contributed by atoms with van der Waals surface area (Å²) >= 11 is 0. The fourth-order valence-electron chi connectivity index (χ4n) is 0.919. The summed E-state index contributed by atoms with van der Waals surface area (Å²) in [5.41, 5.74) is 0.373. The maximum Gasteiger partial charge on any atom is 0.409 e. The minimum Gasteiger partial charge on any atom is -0.472 e. The van der Waals surface area contributed by atoms with E-state index in [4.69, 9.17) is 14.9 Å². The molecule has 3 N–H and O–H groups in total. The molecule has 0 bridgehead atoms. The van der Waals surface area contributed by atoms with Gasteiger partial charge in [0.25, 0.3) is 0 Å². The predicted molar refractivity (Wildman–Crippen MR) is 53.1 cm³/mol. The first-order valence-corrected chi connectivity index (χ1v) is 4.35. The molecule has 15 heavy (non-hydrogen) atoms. The molecule has 82 valence electrons. The Kier molecular flexibility index (Phi) is 3.87. The Hall–Kier alpha value is -1.82. The van der Waals surface area contributed by atoms with Crippen LogP contribution in [-0.4, -0.2) is 34.0 Å². The molecule has 1 rings (SSSR count). The molecule has 0 aromatic carbocycles. The third kappa shape index (κ3) is 3.82. The molecule has 1 aromatic rings. The zero-order valence-corrected chi connectivity index (χ0v) is 8.17. The van der Waals surface area contributed by atoms with Crippen LogP contribution in [-0.2, 0) is 0 Å². The molecule has 1 aromatic heterocycles. The number of nitrogens with zero attached hydrogens (tertiary/aromatic N) is 1. The Morgan fingerprint density at radius 1 is 1.73 bits per heavy atom. The lowest BCUT2D eigenvalue weighted by Crippen LogP contribution is -2.17. The van der Waals surface area contributed by atoms with Crippen LogP contribution in [0.2, 0.25) is 0 Å². The largest absolute Gasteiger partial charge is 0.472 e. The second kappa shape index (κ2) is 5.16. The van der Waals surface area contributed by atoms with Gasteiger partial charge in [-0.25, -0.2) is 9.78 Å². The molecule has 0 saturated heterocycles. The molecular weight excluding hydrogens is 200 g/mol. The van der Waals surface area contributed by atoms with Crippen molar-refractivity contribution in [3.05, 3.63) is 18.3 Å². The Balaban J connectivity index is 2.69. The van der Waals surface area contributed by atoms with Crippen molar-refractivity contribution in [2.45, 2.75) is 13.0 Å². The van der Waals surface area contributed by atoms with E-state index >= 15 is 0 Å². The number of ether oxygens (including phenoxy) is 1. The molecular formula is C9H12N2O4. The summed E-state index contributed by atoms with van der Waals surface area (Å²) in [5.74, 6) is 0.266. The molecule has 1 atom stereocenters. The molecule has 6 nitrogen and oxygen atoms in total. The van der Waals surface area contributed by atoms with E-state index in [1.807, 2.05) is 0 Å². The number of aromatic nitrogens is 1. The average Bonchev–Trinajstić information content (AvgIpc) is 2.17. The molecule has 0 fully saturated rings. The number of hydrogen-bond acceptors (Lipinski definition) is 4. The van der Waals surface area contributed by atoms with Crippen molar-refractivity contribution in [1.82, 2.24) is 4.98 Å². The molecule has 0 radical (unpaired) electrons. The third-order valence-corrected chi connectivity index (χ3v) is 1.57. The SMILES string of the molecule is C[C@H](CO)Oc1cc(NC(=O)O)ccn1. The number of nitrogens with one attached hydrogen (secondary N) is 1. The molecule has 1 amide bonds. The van der Waals surface area contributed by atoms with E-state index in [-0.39, 0.29) is 18.6 Å². The van der Waals surface area contributed by atoms with Gasteiger partial charge in [-0.3, -0.25) is 5.32 Å². The van der Waals surface area contributed by atoms with Gasteiger partial charge in [0, 0.05) is 12.3 Å². The molecule has 0 saturated carbocycles. The molecule has 0 unspecified atom stereocenters. The van der Waals surface area contributed by atoms with Crippen molar-refractivity contribution >= 4 is 11.8 Å². The smallest absolute Gasteiger partial charge is 0.409 e. The number of aliphatic hydroxyl groups excluding tert-OH is 1. The Morgan fingerprint density at radius 2 is 2.47 bits per heavy atom. The van der Waals surface area contributed by atoms with Crippen molar-refractivity contribution in [1.29, 1.82) is 0 Å². The third-order valence-electron chi connectivity index (χ3n) is 1.57. The van der Waals surface area contributed by atoms with E-state index in [9.17, 15) is 4.79 Å². The Labute approximate surface area is 86.5 Å². The molecule has 0 aliphatic rings. The van der Waals surface area contributed by atoms with Crippen LogP contribution in [0.5, 0.6) is 5.88 Å². The van der Waals surface area contributed by atoms with Crippen LogP contribution < -0.4 is 10.1 Å². The van der Waals surface area contributed by atoms with Crippen LogP contribution in [0, 0.1) is 0 Å². The minimum absolute atomic E-state index is 0.127. The summed E-state index contributed by atoms with van der Waals surface area (Å²) in [5, 5.41) is 19.4. The molecule has 0 spiro atoms. The maximum absolute atomic E-state index is 10.3. The molecule has 0 aliphatic carbocycles. The van der Waals surface area contributed by atoms with Crippen molar-refractivity contribution in [3.8, 4) is 5.88 Å². The number of aliphatic hydroxyl groups is 1. The lowest BCUT2D eigenvalue weighted by Gasteiger charge is -2.11. The second-order valence-electron chi connectivity index (χ2n) is 2.92. The van der Waals surface area contributed by atoms with Crippen LogP contribution in [0.15, 0.2) is 18.3 Å². The van der Waals surface area contributed by atoms with E-state index in [1.54, 1.807) is 6.92 Å². The number of pyridine rings is 1. The van der Waals surface area contributed by atoms with Gasteiger partial charge in [-0.05, 0) is 13.0 Å². The van der Waals surface area contributed by atoms with Gasteiger partial charge in [-0.15, -0.1) is 0 Å². The molecule has 0 aliphatic heterocycles. The van der Waals surface area contributed by atoms with Crippen molar-refractivity contribution in [3.63, 3.8) is 0 Å². The highest BCUT2D eigenvalue weighted by Gasteiger charge is 2.05. The number of hydrogen-bond donors (Lipinski definition) is 3. The lowest BCUT2D eigenvalue weighted by molar-refractivity contribution is 0.125. The first-order valence-electron chi connectivity index (χ1n) is 4.35. The van der Waals surface area contributed by atoms with Gasteiger partial charge in [0.1, 0.15) is 6.10 Å². The molecule has 6 heteroatoms. The van der Waals surface area contributed by atoms with Crippen LogP contribution in [0.4, 0.5) is 10.5 Å². The van der Waals surface area contributed by atoms with E-state index in [1.165, 1.54) is 18.3 Å². The monoisotopic (exact) mass is 212 g/mol. The summed E-state index contributed by atoms with van der Waals surface area (Å²) in [6.07, 6.45) is -0.107. The summed E-state index contributed by atoms with van der Waals surface area (Å²) < 4.78 is 5.19. The number of rotatable bonds is 4. The molecule has 1 heterocycles. The van der Waals surface area contributed by atoms with Gasteiger partial charge in [-0.2, -0.15) is 0 Å². The van der Waals surface area contributed by atoms with Crippen LogP contribution in [0.25, 0.3) is 0 Å². The van der Waals surface area contributed by atoms with Gasteiger partial charge in [0.05, 0.1) is 12.3 Å². The highest BCUT2D eigenvalue weighted by atomic mass is 16.5. The average molecular weight is 212 g/mol. The minimum atomic E-state index is -1.15. The number of carboxylic acid groups (broad SMARTS) is 1. The van der Waals surface area contributed by atoms with Crippen LogP contribution in [0.3, 0.4) is 0 Å². The van der Waals surface area contributed by atoms with E-state index < -0.39 is 6.09 Å². The summed E-state index contributed by atoms with van der Waals surface area (Å²) in [4.78, 5) is 14.2. The first kappa shape index (κ1) is 11.3. The quantitative estimate of drug-likeness (QED) is 0.690. The van der Waals surface area contributed by atoms with E-state index in [2.05, 4.69) is 10.3 Å². The van der Waals surface area contributed by atoms with Crippen molar-refractivity contribution in [2.24, 2.45) is 0 Å². The highest BCUT2D eigenvalue weighted by molar-refractivity contribution is 5.82. The second-order valence-corrected chi connectivity index (χ2v) is 2.92. The van der Waals surface area contributed by atoms with Gasteiger partial charge < -0.3 is 14.9 Å². The van der Waals surface area contributed by atoms with Gasteiger partial charge >= 0.3 is 6.09 Å². The normalized spacial score (nSPS) is 11.9. The first-order chi connectivity index (χ1) is 7.11. The van der Waals surface area contributed by atoms with Crippen LogP contribution >= 0.6 is 0 Å². The van der Waals surface area contributed by atoms with E-state index in [0.29, 0.717) is 5.69 Å². The highest BCUT2D eigenvalue weighted by Crippen LogP contribution is 2.14. The number of anilines is 1.